The molecule has 2 heterocycles. The van der Waals surface area contributed by atoms with Gasteiger partial charge in [0.05, 0.1) is 0 Å². The SMILES string of the molecule is CN(c1ncccn1)C1CCCN(c2ccccc2)C1. The number of rotatable bonds is 3. The fraction of sp³-hybridized carbons (Fsp3) is 0.375. The van der Waals surface area contributed by atoms with Gasteiger partial charge in [-0.25, -0.2) is 9.97 Å². The molecule has 0 bridgehead atoms. The van der Waals surface area contributed by atoms with Gasteiger partial charge in [-0.05, 0) is 31.0 Å². The van der Waals surface area contributed by atoms with E-state index in [1.54, 1.807) is 12.4 Å². The summed E-state index contributed by atoms with van der Waals surface area (Å²) in [5, 5.41) is 0. The molecule has 1 unspecified atom stereocenters. The lowest BCUT2D eigenvalue weighted by Gasteiger charge is -2.38. The highest BCUT2D eigenvalue weighted by atomic mass is 15.3. The molecule has 1 saturated heterocycles. The van der Waals surface area contributed by atoms with Gasteiger partial charge in [0.2, 0.25) is 5.95 Å². The van der Waals surface area contributed by atoms with Crippen molar-refractivity contribution >= 4 is 11.6 Å². The molecule has 2 aromatic rings. The van der Waals surface area contributed by atoms with Crippen LogP contribution in [0.2, 0.25) is 0 Å². The molecule has 1 aromatic heterocycles. The van der Waals surface area contributed by atoms with Crippen molar-refractivity contribution in [2.75, 3.05) is 29.9 Å². The van der Waals surface area contributed by atoms with Gasteiger partial charge in [0.25, 0.3) is 0 Å². The molecule has 1 aliphatic rings. The van der Waals surface area contributed by atoms with Gasteiger partial charge < -0.3 is 9.80 Å². The lowest BCUT2D eigenvalue weighted by molar-refractivity contribution is 0.483. The first-order valence-corrected chi connectivity index (χ1v) is 7.14. The van der Waals surface area contributed by atoms with Crippen LogP contribution in [0.4, 0.5) is 11.6 Å². The highest BCUT2D eigenvalue weighted by molar-refractivity contribution is 5.47. The topological polar surface area (TPSA) is 32.3 Å². The van der Waals surface area contributed by atoms with Crippen molar-refractivity contribution in [1.82, 2.24) is 9.97 Å². The van der Waals surface area contributed by atoms with E-state index in [4.69, 9.17) is 0 Å². The number of hydrogen-bond donors (Lipinski definition) is 0. The zero-order valence-corrected chi connectivity index (χ0v) is 11.8. The van der Waals surface area contributed by atoms with Crippen molar-refractivity contribution < 1.29 is 0 Å². The van der Waals surface area contributed by atoms with Crippen molar-refractivity contribution in [1.29, 1.82) is 0 Å². The lowest BCUT2D eigenvalue weighted by atomic mass is 10.0. The Morgan fingerprint density at radius 1 is 1.10 bits per heavy atom. The Kier molecular flexibility index (Phi) is 3.81. The molecule has 1 atom stereocenters. The summed E-state index contributed by atoms with van der Waals surface area (Å²) in [6.45, 7) is 2.16. The minimum atomic E-state index is 0.464. The first-order valence-electron chi connectivity index (χ1n) is 7.14. The molecule has 0 aliphatic carbocycles. The van der Waals surface area contributed by atoms with Gasteiger partial charge in [0.15, 0.2) is 0 Å². The van der Waals surface area contributed by atoms with Crippen LogP contribution in [0.15, 0.2) is 48.8 Å². The van der Waals surface area contributed by atoms with E-state index in [9.17, 15) is 0 Å². The maximum absolute atomic E-state index is 4.35. The predicted octanol–water partition coefficient (Wildman–Crippen LogP) is 2.58. The Hall–Kier alpha value is -2.10. The zero-order valence-electron chi connectivity index (χ0n) is 11.8. The van der Waals surface area contributed by atoms with Crippen molar-refractivity contribution in [2.45, 2.75) is 18.9 Å². The number of benzene rings is 1. The molecular formula is C16H20N4. The highest BCUT2D eigenvalue weighted by Gasteiger charge is 2.24. The van der Waals surface area contributed by atoms with Gasteiger partial charge in [0.1, 0.15) is 0 Å². The molecule has 1 aliphatic heterocycles. The van der Waals surface area contributed by atoms with Crippen LogP contribution in [0.3, 0.4) is 0 Å². The first-order chi connectivity index (χ1) is 9.84. The van der Waals surface area contributed by atoms with Crippen LogP contribution in [0.25, 0.3) is 0 Å². The van der Waals surface area contributed by atoms with E-state index >= 15 is 0 Å². The van der Waals surface area contributed by atoms with Gasteiger partial charge in [0, 0.05) is 44.3 Å². The molecule has 1 aromatic carbocycles. The molecule has 0 amide bonds. The van der Waals surface area contributed by atoms with Crippen LogP contribution in [0.1, 0.15) is 12.8 Å². The molecule has 3 rings (SSSR count). The summed E-state index contributed by atoms with van der Waals surface area (Å²) in [5.74, 6) is 0.812. The van der Waals surface area contributed by atoms with E-state index in [0.717, 1.165) is 19.0 Å². The number of hydrogen-bond acceptors (Lipinski definition) is 4. The van der Waals surface area contributed by atoms with E-state index in [2.05, 4.69) is 57.1 Å². The van der Waals surface area contributed by atoms with Crippen LogP contribution in [-0.2, 0) is 0 Å². The van der Waals surface area contributed by atoms with E-state index in [1.807, 2.05) is 6.07 Å². The van der Waals surface area contributed by atoms with E-state index in [-0.39, 0.29) is 0 Å². The minimum absolute atomic E-state index is 0.464. The van der Waals surface area contributed by atoms with Gasteiger partial charge in [-0.2, -0.15) is 0 Å². The number of piperidine rings is 1. The molecule has 4 nitrogen and oxygen atoms in total. The summed E-state index contributed by atoms with van der Waals surface area (Å²) in [6, 6.07) is 12.9. The molecule has 0 spiro atoms. The fourth-order valence-corrected chi connectivity index (χ4v) is 2.78. The average Bonchev–Trinajstić information content (AvgIpc) is 2.56. The molecule has 20 heavy (non-hydrogen) atoms. The van der Waals surface area contributed by atoms with Crippen molar-refractivity contribution in [2.24, 2.45) is 0 Å². The average molecular weight is 268 g/mol. The van der Waals surface area contributed by atoms with Crippen molar-refractivity contribution in [3.63, 3.8) is 0 Å². The third kappa shape index (κ3) is 2.74. The van der Waals surface area contributed by atoms with Gasteiger partial charge in [-0.15, -0.1) is 0 Å². The summed E-state index contributed by atoms with van der Waals surface area (Å²) < 4.78 is 0. The van der Waals surface area contributed by atoms with Gasteiger partial charge in [-0.1, -0.05) is 18.2 Å². The summed E-state index contributed by atoms with van der Waals surface area (Å²) in [5.41, 5.74) is 1.31. The lowest BCUT2D eigenvalue weighted by Crippen LogP contribution is -2.47. The Balaban J connectivity index is 1.72. The highest BCUT2D eigenvalue weighted by Crippen LogP contribution is 2.23. The Labute approximate surface area is 120 Å². The van der Waals surface area contributed by atoms with Crippen LogP contribution >= 0.6 is 0 Å². The summed E-state index contributed by atoms with van der Waals surface area (Å²) in [7, 11) is 2.09. The normalized spacial score (nSPS) is 18.9. The minimum Gasteiger partial charge on any atom is -0.369 e. The van der Waals surface area contributed by atoms with Crippen molar-refractivity contribution in [3.05, 3.63) is 48.8 Å². The largest absolute Gasteiger partial charge is 0.369 e. The smallest absolute Gasteiger partial charge is 0.225 e. The van der Waals surface area contributed by atoms with Crippen LogP contribution in [0, 0.1) is 0 Å². The number of aromatic nitrogens is 2. The molecule has 1 fully saturated rings. The van der Waals surface area contributed by atoms with E-state index < -0.39 is 0 Å². The van der Waals surface area contributed by atoms with E-state index in [0.29, 0.717) is 6.04 Å². The molecular weight excluding hydrogens is 248 g/mol. The summed E-state index contributed by atoms with van der Waals surface area (Å²) in [4.78, 5) is 13.4. The second-order valence-corrected chi connectivity index (χ2v) is 5.24. The third-order valence-electron chi connectivity index (χ3n) is 3.93. The molecule has 0 radical (unpaired) electrons. The second-order valence-electron chi connectivity index (χ2n) is 5.24. The number of para-hydroxylation sites is 1. The number of likely N-dealkylation sites (N-methyl/N-ethyl adjacent to an activating group) is 1. The van der Waals surface area contributed by atoms with Gasteiger partial charge >= 0.3 is 0 Å². The predicted molar refractivity (Wildman–Crippen MR) is 82.1 cm³/mol. The third-order valence-corrected chi connectivity index (χ3v) is 3.93. The Bertz CT molecular complexity index is 491. The maximum atomic E-state index is 4.35. The molecule has 0 saturated carbocycles. The quantitative estimate of drug-likeness (QED) is 0.856. The van der Waals surface area contributed by atoms with E-state index in [1.165, 1.54) is 18.5 Å². The summed E-state index contributed by atoms with van der Waals surface area (Å²) >= 11 is 0. The Morgan fingerprint density at radius 3 is 2.60 bits per heavy atom. The number of nitrogens with zero attached hydrogens (tertiary/aromatic N) is 4. The number of anilines is 2. The van der Waals surface area contributed by atoms with Crippen LogP contribution in [0.5, 0.6) is 0 Å². The first kappa shape index (κ1) is 12.9. The molecule has 4 heteroatoms. The Morgan fingerprint density at radius 2 is 1.85 bits per heavy atom. The van der Waals surface area contributed by atoms with Gasteiger partial charge in [-0.3, -0.25) is 0 Å². The van der Waals surface area contributed by atoms with Crippen LogP contribution < -0.4 is 9.80 Å². The standard InChI is InChI=1S/C16H20N4/c1-19(16-17-10-6-11-18-16)15-9-5-12-20(13-15)14-7-3-2-4-8-14/h2-4,6-8,10-11,15H,5,9,12-13H2,1H3. The zero-order chi connectivity index (χ0) is 13.8. The molecule has 104 valence electrons. The maximum Gasteiger partial charge on any atom is 0.225 e. The monoisotopic (exact) mass is 268 g/mol. The van der Waals surface area contributed by atoms with Crippen LogP contribution in [-0.4, -0.2) is 36.1 Å². The fourth-order valence-electron chi connectivity index (χ4n) is 2.78. The molecule has 0 N–H and O–H groups in total. The van der Waals surface area contributed by atoms with Crippen molar-refractivity contribution in [3.8, 4) is 0 Å². The summed E-state index contributed by atoms with van der Waals surface area (Å²) in [6.07, 6.45) is 6.00. The second kappa shape index (κ2) is 5.90.